The van der Waals surface area contributed by atoms with Gasteiger partial charge in [-0.1, -0.05) is 37.6 Å². The van der Waals surface area contributed by atoms with Gasteiger partial charge in [0.05, 0.1) is 12.2 Å². The molecule has 45 heavy (non-hydrogen) atoms. The second-order valence-corrected chi connectivity index (χ2v) is 13.7. The number of nitrogens with two attached hydrogens (primary N) is 1. The summed E-state index contributed by atoms with van der Waals surface area (Å²) in [5.41, 5.74) is 4.67. The first kappa shape index (κ1) is 30.2. The SMILES string of the molecule is C[C@]12C=CC(=O)C=C1CC[C@@H]1[C@@H]2[C@@H](O)C[C@@]2(C)[C@H]1C[C@H]1O[C@H](c3ccc(F)c(OCc4cccc(N)c4)c3F)O[C@]12C(=O)CO. The van der Waals surface area contributed by atoms with E-state index in [4.69, 9.17) is 19.9 Å². The van der Waals surface area contributed by atoms with Gasteiger partial charge in [-0.05, 0) is 79.5 Å². The zero-order valence-electron chi connectivity index (χ0n) is 25.2. The lowest BCUT2D eigenvalue weighted by atomic mass is 9.46. The number of aliphatic hydroxyl groups excluding tert-OH is 2. The quantitative estimate of drug-likeness (QED) is 0.395. The Balaban J connectivity index is 1.21. The molecule has 8 nitrogen and oxygen atoms in total. The first-order valence-corrected chi connectivity index (χ1v) is 15.5. The molecule has 9 atom stereocenters. The minimum Gasteiger partial charge on any atom is -0.483 e. The van der Waals surface area contributed by atoms with Gasteiger partial charge in [0.2, 0.25) is 0 Å². The van der Waals surface area contributed by atoms with Gasteiger partial charge in [0.15, 0.2) is 40.8 Å². The Morgan fingerprint density at radius 1 is 1.20 bits per heavy atom. The zero-order chi connectivity index (χ0) is 31.9. The number of benzene rings is 2. The first-order chi connectivity index (χ1) is 21.4. The van der Waals surface area contributed by atoms with Crippen molar-refractivity contribution in [3.8, 4) is 5.75 Å². The molecule has 2 aromatic carbocycles. The number of anilines is 1. The van der Waals surface area contributed by atoms with Crippen LogP contribution in [0.2, 0.25) is 0 Å². The minimum atomic E-state index is -1.66. The molecule has 1 heterocycles. The van der Waals surface area contributed by atoms with E-state index in [1.165, 1.54) is 6.07 Å². The largest absolute Gasteiger partial charge is 0.483 e. The van der Waals surface area contributed by atoms with Gasteiger partial charge in [0.1, 0.15) is 13.2 Å². The number of aliphatic hydroxyl groups is 2. The van der Waals surface area contributed by atoms with Crippen LogP contribution in [0, 0.1) is 40.2 Å². The summed E-state index contributed by atoms with van der Waals surface area (Å²) in [6.45, 7) is 2.99. The molecule has 0 unspecified atom stereocenters. The fraction of sp³-hybridized carbons (Fsp3) is 0.486. The van der Waals surface area contributed by atoms with Crippen LogP contribution in [0.5, 0.6) is 5.75 Å². The Morgan fingerprint density at radius 3 is 2.76 bits per heavy atom. The Labute approximate surface area is 259 Å². The predicted molar refractivity (Wildman–Crippen MR) is 158 cm³/mol. The number of carbonyl (C=O) groups is 2. The van der Waals surface area contributed by atoms with E-state index in [0.29, 0.717) is 30.5 Å². The van der Waals surface area contributed by atoms with E-state index < -0.39 is 64.7 Å². The number of hydrogen-bond acceptors (Lipinski definition) is 8. The van der Waals surface area contributed by atoms with Gasteiger partial charge in [-0.2, -0.15) is 0 Å². The predicted octanol–water partition coefficient (Wildman–Crippen LogP) is 4.73. The molecule has 3 saturated carbocycles. The van der Waals surface area contributed by atoms with Gasteiger partial charge in [0, 0.05) is 28.0 Å². The average Bonchev–Trinajstić information content (AvgIpc) is 3.49. The number of halogens is 2. The van der Waals surface area contributed by atoms with Gasteiger partial charge in [-0.25, -0.2) is 8.78 Å². The summed E-state index contributed by atoms with van der Waals surface area (Å²) in [7, 11) is 0. The van der Waals surface area contributed by atoms with Crippen molar-refractivity contribution in [3.63, 3.8) is 0 Å². The lowest BCUT2D eigenvalue weighted by molar-refractivity contribution is -0.201. The third-order valence-electron chi connectivity index (χ3n) is 11.5. The molecular weight excluding hydrogens is 584 g/mol. The lowest BCUT2D eigenvalue weighted by Crippen LogP contribution is -2.63. The summed E-state index contributed by atoms with van der Waals surface area (Å²) in [6.07, 6.45) is 4.07. The third kappa shape index (κ3) is 4.29. The molecule has 4 fully saturated rings. The molecule has 4 aliphatic carbocycles. The van der Waals surface area contributed by atoms with Crippen molar-refractivity contribution in [1.29, 1.82) is 0 Å². The minimum absolute atomic E-state index is 0.0204. The second kappa shape index (κ2) is 10.6. The zero-order valence-corrected chi connectivity index (χ0v) is 25.2. The average molecular weight is 622 g/mol. The normalized spacial score (nSPS) is 38.2. The number of rotatable bonds is 6. The molecule has 1 aliphatic heterocycles. The van der Waals surface area contributed by atoms with E-state index in [0.717, 1.165) is 11.6 Å². The molecule has 0 bridgehead atoms. The molecule has 10 heteroatoms. The van der Waals surface area contributed by atoms with Crippen LogP contribution in [0.15, 0.2) is 60.2 Å². The highest BCUT2D eigenvalue weighted by molar-refractivity contribution is 6.01. The van der Waals surface area contributed by atoms with Gasteiger partial charge in [0.25, 0.3) is 0 Å². The first-order valence-electron chi connectivity index (χ1n) is 15.5. The molecule has 7 rings (SSSR count). The summed E-state index contributed by atoms with van der Waals surface area (Å²) in [4.78, 5) is 25.9. The summed E-state index contributed by atoms with van der Waals surface area (Å²) >= 11 is 0. The molecule has 0 amide bonds. The fourth-order valence-corrected chi connectivity index (χ4v) is 9.52. The molecule has 238 valence electrons. The van der Waals surface area contributed by atoms with E-state index in [9.17, 15) is 24.2 Å². The molecule has 2 aromatic rings. The summed E-state index contributed by atoms with van der Waals surface area (Å²) in [5.74, 6) is -3.52. The van der Waals surface area contributed by atoms with E-state index in [2.05, 4.69) is 6.92 Å². The van der Waals surface area contributed by atoms with Gasteiger partial charge in [-0.15, -0.1) is 0 Å². The number of hydrogen-bond donors (Lipinski definition) is 3. The number of Topliss-reactive ketones (excluding diaryl/α,β-unsaturated/α-hetero) is 1. The topological polar surface area (TPSA) is 128 Å². The second-order valence-electron chi connectivity index (χ2n) is 13.7. The summed E-state index contributed by atoms with van der Waals surface area (Å²) in [5, 5.41) is 22.0. The Bertz CT molecular complexity index is 1640. The van der Waals surface area contributed by atoms with E-state index >= 15 is 4.39 Å². The van der Waals surface area contributed by atoms with Crippen LogP contribution in [0.1, 0.15) is 56.9 Å². The monoisotopic (exact) mass is 621 g/mol. The van der Waals surface area contributed by atoms with Crippen molar-refractivity contribution in [2.75, 3.05) is 12.3 Å². The number of carbonyl (C=O) groups excluding carboxylic acids is 2. The van der Waals surface area contributed by atoms with Crippen LogP contribution in [-0.4, -0.2) is 46.2 Å². The number of fused-ring (bicyclic) bond motifs is 7. The maximum absolute atomic E-state index is 15.9. The Hall–Kier alpha value is -3.44. The molecule has 0 aromatic heterocycles. The van der Waals surface area contributed by atoms with Crippen LogP contribution in [0.3, 0.4) is 0 Å². The van der Waals surface area contributed by atoms with Crippen molar-refractivity contribution >= 4 is 17.3 Å². The van der Waals surface area contributed by atoms with Crippen molar-refractivity contribution in [3.05, 3.63) is 83.0 Å². The van der Waals surface area contributed by atoms with Crippen LogP contribution in [0.25, 0.3) is 0 Å². The fourth-order valence-electron chi connectivity index (χ4n) is 9.52. The number of allylic oxidation sites excluding steroid dienone is 4. The highest BCUT2D eigenvalue weighted by Crippen LogP contribution is 2.70. The standard InChI is InChI=1S/C35H37F2NO7/c1-33-11-10-21(40)13-19(33)6-7-22-24-14-28-35(27(42)16-39,34(24,2)15-26(41)29(22)33)45-32(44-28)23-8-9-25(36)31(30(23)37)43-17-18-4-3-5-20(38)12-18/h3-5,8-13,22,24,26,28-29,32,39,41H,6-7,14-17,38H2,1-2H3/t22-,24-,26-,28+,29+,32-,33-,34-,35+/m0/s1. The maximum atomic E-state index is 15.9. The summed E-state index contributed by atoms with van der Waals surface area (Å²) < 4.78 is 49.1. The van der Waals surface area contributed by atoms with Gasteiger partial charge >= 0.3 is 0 Å². The Morgan fingerprint density at radius 2 is 2.00 bits per heavy atom. The van der Waals surface area contributed by atoms with Crippen LogP contribution in [0.4, 0.5) is 14.5 Å². The van der Waals surface area contributed by atoms with Gasteiger partial charge < -0.3 is 30.2 Å². The molecule has 1 saturated heterocycles. The van der Waals surface area contributed by atoms with Crippen LogP contribution >= 0.6 is 0 Å². The van der Waals surface area contributed by atoms with Crippen molar-refractivity contribution in [2.45, 2.75) is 70.2 Å². The number of ketones is 2. The molecule has 5 aliphatic rings. The maximum Gasteiger partial charge on any atom is 0.193 e. The number of nitrogen functional groups attached to an aromatic ring is 1. The Kier molecular flexibility index (Phi) is 7.09. The van der Waals surface area contributed by atoms with Crippen LogP contribution in [-0.2, 0) is 25.7 Å². The van der Waals surface area contributed by atoms with E-state index in [1.807, 2.05) is 13.0 Å². The lowest BCUT2D eigenvalue weighted by Gasteiger charge is -2.59. The smallest absolute Gasteiger partial charge is 0.193 e. The van der Waals surface area contributed by atoms with Crippen molar-refractivity contribution < 1.29 is 42.8 Å². The van der Waals surface area contributed by atoms with Gasteiger partial charge in [-0.3, -0.25) is 9.59 Å². The number of ether oxygens (including phenoxy) is 3. The highest BCUT2D eigenvalue weighted by Gasteiger charge is 2.76. The molecular formula is C35H37F2NO7. The van der Waals surface area contributed by atoms with Crippen LogP contribution < -0.4 is 10.5 Å². The van der Waals surface area contributed by atoms with E-state index in [-0.39, 0.29) is 42.1 Å². The highest BCUT2D eigenvalue weighted by atomic mass is 19.1. The third-order valence-corrected chi connectivity index (χ3v) is 11.5. The summed E-state index contributed by atoms with van der Waals surface area (Å²) in [6, 6.07) is 9.03. The molecule has 0 radical (unpaired) electrons. The van der Waals surface area contributed by atoms with Crippen molar-refractivity contribution in [2.24, 2.45) is 28.6 Å². The molecule has 0 spiro atoms. The molecule has 4 N–H and O–H groups in total. The van der Waals surface area contributed by atoms with Crippen molar-refractivity contribution in [1.82, 2.24) is 0 Å². The van der Waals surface area contributed by atoms with E-state index in [1.54, 1.807) is 36.4 Å².